The second kappa shape index (κ2) is 6.67. The standard InChI is InChI=1S/C13H17NO2/c1-3-16-13(15)10-7-11-14(2)12-8-5-4-6-9-12/h4-10H,3,11H2,1-2H3/b10-7+. The fraction of sp³-hybridized carbons (Fsp3) is 0.308. The van der Waals surface area contributed by atoms with Crippen molar-refractivity contribution in [3.05, 3.63) is 42.5 Å². The molecule has 0 aliphatic heterocycles. The predicted octanol–water partition coefficient (Wildman–Crippen LogP) is 2.24. The summed E-state index contributed by atoms with van der Waals surface area (Å²) in [6.07, 6.45) is 3.26. The topological polar surface area (TPSA) is 29.5 Å². The lowest BCUT2D eigenvalue weighted by atomic mass is 10.3. The van der Waals surface area contributed by atoms with Crippen LogP contribution in [0.1, 0.15) is 6.92 Å². The van der Waals surface area contributed by atoms with Gasteiger partial charge in [0, 0.05) is 25.4 Å². The van der Waals surface area contributed by atoms with Crippen molar-refractivity contribution < 1.29 is 9.53 Å². The highest BCUT2D eigenvalue weighted by molar-refractivity contribution is 5.81. The molecule has 3 nitrogen and oxygen atoms in total. The van der Waals surface area contributed by atoms with E-state index < -0.39 is 0 Å². The van der Waals surface area contributed by atoms with Gasteiger partial charge < -0.3 is 9.64 Å². The Morgan fingerprint density at radius 2 is 2.06 bits per heavy atom. The molecule has 0 saturated carbocycles. The monoisotopic (exact) mass is 219 g/mol. The van der Waals surface area contributed by atoms with Crippen molar-refractivity contribution >= 4 is 11.7 Å². The van der Waals surface area contributed by atoms with Crippen molar-refractivity contribution in [2.24, 2.45) is 0 Å². The van der Waals surface area contributed by atoms with Crippen molar-refractivity contribution in [1.82, 2.24) is 0 Å². The molecule has 0 heterocycles. The molecule has 0 unspecified atom stereocenters. The molecule has 0 bridgehead atoms. The van der Waals surface area contributed by atoms with Gasteiger partial charge in [-0.2, -0.15) is 0 Å². The van der Waals surface area contributed by atoms with Crippen molar-refractivity contribution in [2.75, 3.05) is 25.1 Å². The van der Waals surface area contributed by atoms with Crippen LogP contribution in [0.4, 0.5) is 5.69 Å². The number of ether oxygens (including phenoxy) is 1. The van der Waals surface area contributed by atoms with E-state index in [1.807, 2.05) is 37.4 Å². The minimum Gasteiger partial charge on any atom is -0.463 e. The second-order valence-electron chi connectivity index (χ2n) is 3.37. The molecular formula is C13H17NO2. The van der Waals surface area contributed by atoms with Gasteiger partial charge in [-0.3, -0.25) is 0 Å². The van der Waals surface area contributed by atoms with Crippen LogP contribution in [0.3, 0.4) is 0 Å². The first-order chi connectivity index (χ1) is 7.74. The van der Waals surface area contributed by atoms with Crippen LogP contribution in [0.5, 0.6) is 0 Å². The average molecular weight is 219 g/mol. The Labute approximate surface area is 96.3 Å². The molecule has 0 amide bonds. The van der Waals surface area contributed by atoms with E-state index in [4.69, 9.17) is 4.74 Å². The lowest BCUT2D eigenvalue weighted by Crippen LogP contribution is -2.16. The summed E-state index contributed by atoms with van der Waals surface area (Å²) < 4.78 is 4.79. The van der Waals surface area contributed by atoms with Gasteiger partial charge in [-0.25, -0.2) is 4.79 Å². The number of benzene rings is 1. The largest absolute Gasteiger partial charge is 0.463 e. The molecule has 0 aliphatic rings. The molecule has 0 aromatic heterocycles. The van der Waals surface area contributed by atoms with Gasteiger partial charge in [0.2, 0.25) is 0 Å². The van der Waals surface area contributed by atoms with Gasteiger partial charge in [0.15, 0.2) is 0 Å². The summed E-state index contributed by atoms with van der Waals surface area (Å²) in [6, 6.07) is 10.0. The summed E-state index contributed by atoms with van der Waals surface area (Å²) in [5, 5.41) is 0. The van der Waals surface area contributed by atoms with Crippen molar-refractivity contribution in [3.8, 4) is 0 Å². The number of anilines is 1. The van der Waals surface area contributed by atoms with E-state index in [-0.39, 0.29) is 5.97 Å². The minimum absolute atomic E-state index is 0.288. The SMILES string of the molecule is CCOC(=O)/C=C/CN(C)c1ccccc1. The Morgan fingerprint density at radius 3 is 2.69 bits per heavy atom. The van der Waals surface area contributed by atoms with E-state index in [9.17, 15) is 4.79 Å². The van der Waals surface area contributed by atoms with E-state index >= 15 is 0 Å². The number of nitrogens with zero attached hydrogens (tertiary/aromatic N) is 1. The molecule has 0 fully saturated rings. The first-order valence-corrected chi connectivity index (χ1v) is 5.33. The third-order valence-corrected chi connectivity index (χ3v) is 2.12. The van der Waals surface area contributed by atoms with Crippen molar-refractivity contribution in [1.29, 1.82) is 0 Å². The molecule has 86 valence electrons. The molecule has 0 saturated heterocycles. The van der Waals surface area contributed by atoms with Crippen LogP contribution in [-0.2, 0) is 9.53 Å². The van der Waals surface area contributed by atoms with Crippen molar-refractivity contribution in [2.45, 2.75) is 6.92 Å². The van der Waals surface area contributed by atoms with Crippen molar-refractivity contribution in [3.63, 3.8) is 0 Å². The van der Waals surface area contributed by atoms with E-state index in [1.54, 1.807) is 13.0 Å². The molecule has 1 aromatic rings. The third-order valence-electron chi connectivity index (χ3n) is 2.12. The molecule has 1 rings (SSSR count). The third kappa shape index (κ3) is 4.17. The quantitative estimate of drug-likeness (QED) is 0.562. The van der Waals surface area contributed by atoms with Crippen LogP contribution in [0.25, 0.3) is 0 Å². The van der Waals surface area contributed by atoms with Gasteiger partial charge in [0.05, 0.1) is 6.61 Å². The Kier molecular flexibility index (Phi) is 5.12. The zero-order valence-electron chi connectivity index (χ0n) is 9.72. The lowest BCUT2D eigenvalue weighted by molar-refractivity contribution is -0.137. The minimum atomic E-state index is -0.288. The maximum Gasteiger partial charge on any atom is 0.330 e. The van der Waals surface area contributed by atoms with Crippen LogP contribution >= 0.6 is 0 Å². The molecule has 0 radical (unpaired) electrons. The van der Waals surface area contributed by atoms with E-state index in [2.05, 4.69) is 4.90 Å². The van der Waals surface area contributed by atoms with Crippen LogP contribution in [0, 0.1) is 0 Å². The van der Waals surface area contributed by atoms with Gasteiger partial charge in [-0.1, -0.05) is 24.3 Å². The first kappa shape index (κ1) is 12.3. The Balaban J connectivity index is 2.41. The van der Waals surface area contributed by atoms with E-state index in [0.717, 1.165) is 5.69 Å². The van der Waals surface area contributed by atoms with Gasteiger partial charge >= 0.3 is 5.97 Å². The maximum absolute atomic E-state index is 11.0. The zero-order chi connectivity index (χ0) is 11.8. The Hall–Kier alpha value is -1.77. The molecule has 0 spiro atoms. The molecule has 3 heteroatoms. The summed E-state index contributed by atoms with van der Waals surface area (Å²) in [5.74, 6) is -0.288. The average Bonchev–Trinajstić information content (AvgIpc) is 2.30. The number of hydrogen-bond acceptors (Lipinski definition) is 3. The maximum atomic E-state index is 11.0. The van der Waals surface area contributed by atoms with E-state index in [1.165, 1.54) is 6.08 Å². The predicted molar refractivity (Wildman–Crippen MR) is 65.5 cm³/mol. The second-order valence-corrected chi connectivity index (χ2v) is 3.37. The highest BCUT2D eigenvalue weighted by atomic mass is 16.5. The van der Waals surface area contributed by atoms with Crippen LogP contribution in [0.15, 0.2) is 42.5 Å². The van der Waals surface area contributed by atoms with Crippen LogP contribution in [-0.4, -0.2) is 26.2 Å². The summed E-state index contributed by atoms with van der Waals surface area (Å²) in [5.41, 5.74) is 1.12. The fourth-order valence-corrected chi connectivity index (χ4v) is 1.29. The molecule has 0 N–H and O–H groups in total. The zero-order valence-corrected chi connectivity index (χ0v) is 9.72. The summed E-state index contributed by atoms with van der Waals surface area (Å²) in [4.78, 5) is 13.1. The molecule has 0 aliphatic carbocycles. The number of para-hydroxylation sites is 1. The summed E-state index contributed by atoms with van der Waals surface area (Å²) >= 11 is 0. The molecular weight excluding hydrogens is 202 g/mol. The number of carbonyl (C=O) groups is 1. The van der Waals surface area contributed by atoms with Gasteiger partial charge in [-0.05, 0) is 19.1 Å². The molecule has 0 atom stereocenters. The number of hydrogen-bond donors (Lipinski definition) is 0. The molecule has 16 heavy (non-hydrogen) atoms. The number of rotatable bonds is 5. The Bertz CT molecular complexity index is 346. The normalized spacial score (nSPS) is 10.4. The highest BCUT2D eigenvalue weighted by Gasteiger charge is 1.97. The number of esters is 1. The first-order valence-electron chi connectivity index (χ1n) is 5.33. The van der Waals surface area contributed by atoms with Gasteiger partial charge in [-0.15, -0.1) is 0 Å². The van der Waals surface area contributed by atoms with Crippen LogP contribution in [0.2, 0.25) is 0 Å². The van der Waals surface area contributed by atoms with Gasteiger partial charge in [0.1, 0.15) is 0 Å². The summed E-state index contributed by atoms with van der Waals surface area (Å²) in [6.45, 7) is 2.89. The Morgan fingerprint density at radius 1 is 1.38 bits per heavy atom. The van der Waals surface area contributed by atoms with Gasteiger partial charge in [0.25, 0.3) is 0 Å². The van der Waals surface area contributed by atoms with Crippen LogP contribution < -0.4 is 4.90 Å². The molecule has 1 aromatic carbocycles. The summed E-state index contributed by atoms with van der Waals surface area (Å²) in [7, 11) is 1.98. The van der Waals surface area contributed by atoms with E-state index in [0.29, 0.717) is 13.2 Å². The number of likely N-dealkylation sites (N-methyl/N-ethyl adjacent to an activating group) is 1. The highest BCUT2D eigenvalue weighted by Crippen LogP contribution is 2.10. The fourth-order valence-electron chi connectivity index (χ4n) is 1.29. The lowest BCUT2D eigenvalue weighted by Gasteiger charge is -2.16. The smallest absolute Gasteiger partial charge is 0.330 e. The number of carbonyl (C=O) groups excluding carboxylic acids is 1.